The van der Waals surface area contributed by atoms with Crippen molar-refractivity contribution in [2.75, 3.05) is 36.4 Å². The van der Waals surface area contributed by atoms with Crippen LogP contribution >= 0.6 is 0 Å². The first kappa shape index (κ1) is 15.6. The zero-order valence-electron chi connectivity index (χ0n) is 13.2. The van der Waals surface area contributed by atoms with E-state index in [9.17, 15) is 9.59 Å². The van der Waals surface area contributed by atoms with Crippen LogP contribution in [0.15, 0.2) is 24.3 Å². The number of carbonyl (C=O) groups excluding carboxylic acids is 1. The number of carbonyl (C=O) groups is 2. The van der Waals surface area contributed by atoms with Gasteiger partial charge < -0.3 is 20.2 Å². The number of aliphatic carboxylic acids is 1. The van der Waals surface area contributed by atoms with Crippen molar-refractivity contribution in [2.45, 2.75) is 25.7 Å². The average molecular weight is 317 g/mol. The first-order valence-corrected chi connectivity index (χ1v) is 8.27. The molecule has 3 rings (SSSR count). The Bertz CT molecular complexity index is 584. The van der Waals surface area contributed by atoms with Crippen LogP contribution in [-0.4, -0.2) is 48.2 Å². The molecule has 2 N–H and O–H groups in total. The molecule has 0 radical (unpaired) electrons. The van der Waals surface area contributed by atoms with Gasteiger partial charge in [0.05, 0.1) is 5.92 Å². The summed E-state index contributed by atoms with van der Waals surface area (Å²) in [6, 6.07) is 7.65. The van der Waals surface area contributed by atoms with Gasteiger partial charge in [0.15, 0.2) is 0 Å². The topological polar surface area (TPSA) is 72.9 Å². The van der Waals surface area contributed by atoms with E-state index in [-0.39, 0.29) is 12.6 Å². The summed E-state index contributed by atoms with van der Waals surface area (Å²) >= 11 is 0. The van der Waals surface area contributed by atoms with Crippen molar-refractivity contribution in [3.8, 4) is 0 Å². The van der Waals surface area contributed by atoms with E-state index in [1.165, 1.54) is 12.8 Å². The predicted molar refractivity (Wildman–Crippen MR) is 88.8 cm³/mol. The summed E-state index contributed by atoms with van der Waals surface area (Å²) in [6.45, 7) is 3.02. The molecule has 23 heavy (non-hydrogen) atoms. The Balaban J connectivity index is 1.63. The minimum atomic E-state index is -0.821. The summed E-state index contributed by atoms with van der Waals surface area (Å²) in [4.78, 5) is 27.4. The van der Waals surface area contributed by atoms with E-state index >= 15 is 0 Å². The molecule has 0 saturated carbocycles. The van der Waals surface area contributed by atoms with Gasteiger partial charge in [-0.05, 0) is 43.9 Å². The van der Waals surface area contributed by atoms with Crippen LogP contribution < -0.4 is 10.2 Å². The van der Waals surface area contributed by atoms with Crippen LogP contribution in [0, 0.1) is 5.92 Å². The van der Waals surface area contributed by atoms with Gasteiger partial charge >= 0.3 is 12.0 Å². The van der Waals surface area contributed by atoms with E-state index in [1.807, 2.05) is 18.2 Å². The number of likely N-dealkylation sites (tertiary alicyclic amines) is 1. The molecule has 2 heterocycles. The number of anilines is 2. The molecule has 124 valence electrons. The van der Waals surface area contributed by atoms with E-state index in [1.54, 1.807) is 4.90 Å². The maximum Gasteiger partial charge on any atom is 0.321 e. The number of nitrogens with one attached hydrogen (secondary N) is 1. The van der Waals surface area contributed by atoms with Gasteiger partial charge in [-0.2, -0.15) is 0 Å². The number of urea groups is 1. The second kappa shape index (κ2) is 6.89. The molecule has 6 nitrogen and oxygen atoms in total. The SMILES string of the molecule is O=C(O)C1CCCN(C(=O)Nc2cccc(N3CCCC3)c2)C1. The number of hydrogen-bond donors (Lipinski definition) is 2. The Kier molecular flexibility index (Phi) is 4.69. The van der Waals surface area contributed by atoms with Crippen molar-refractivity contribution < 1.29 is 14.7 Å². The quantitative estimate of drug-likeness (QED) is 0.899. The first-order chi connectivity index (χ1) is 11.1. The van der Waals surface area contributed by atoms with Gasteiger partial charge in [-0.1, -0.05) is 6.07 Å². The molecular formula is C17H23N3O3. The smallest absolute Gasteiger partial charge is 0.321 e. The highest BCUT2D eigenvalue weighted by atomic mass is 16.4. The van der Waals surface area contributed by atoms with Crippen LogP contribution in [0.3, 0.4) is 0 Å². The third-order valence-corrected chi connectivity index (χ3v) is 4.63. The fourth-order valence-electron chi connectivity index (χ4n) is 3.32. The largest absolute Gasteiger partial charge is 0.481 e. The van der Waals surface area contributed by atoms with Crippen molar-refractivity contribution in [3.63, 3.8) is 0 Å². The first-order valence-electron chi connectivity index (χ1n) is 8.27. The minimum Gasteiger partial charge on any atom is -0.481 e. The van der Waals surface area contributed by atoms with Crippen LogP contribution in [0.2, 0.25) is 0 Å². The van der Waals surface area contributed by atoms with Crippen LogP contribution in [-0.2, 0) is 4.79 Å². The molecule has 6 heteroatoms. The molecular weight excluding hydrogens is 294 g/mol. The Morgan fingerprint density at radius 2 is 1.91 bits per heavy atom. The highest BCUT2D eigenvalue weighted by Gasteiger charge is 2.28. The molecule has 0 spiro atoms. The van der Waals surface area contributed by atoms with Gasteiger partial charge in [0.1, 0.15) is 0 Å². The molecule has 0 aliphatic carbocycles. The van der Waals surface area contributed by atoms with E-state index in [2.05, 4.69) is 16.3 Å². The molecule has 2 amide bonds. The lowest BCUT2D eigenvalue weighted by atomic mass is 9.99. The molecule has 1 atom stereocenters. The molecule has 2 aliphatic heterocycles. The maximum atomic E-state index is 12.4. The summed E-state index contributed by atoms with van der Waals surface area (Å²) in [7, 11) is 0. The van der Waals surface area contributed by atoms with E-state index in [0.717, 1.165) is 30.9 Å². The number of amides is 2. The van der Waals surface area contributed by atoms with Gasteiger partial charge in [0, 0.05) is 37.6 Å². The predicted octanol–water partition coefficient (Wildman–Crippen LogP) is 2.62. The van der Waals surface area contributed by atoms with E-state index in [4.69, 9.17) is 5.11 Å². The zero-order chi connectivity index (χ0) is 16.2. The molecule has 0 aromatic heterocycles. The Labute approximate surface area is 136 Å². The number of nitrogens with zero attached hydrogens (tertiary/aromatic N) is 2. The Morgan fingerprint density at radius 3 is 2.65 bits per heavy atom. The molecule has 2 fully saturated rings. The summed E-state index contributed by atoms with van der Waals surface area (Å²) in [5.41, 5.74) is 1.89. The van der Waals surface area contributed by atoms with Crippen LogP contribution in [0.4, 0.5) is 16.2 Å². The number of carboxylic acid groups (broad SMARTS) is 1. The number of piperidine rings is 1. The monoisotopic (exact) mass is 317 g/mol. The highest BCUT2D eigenvalue weighted by molar-refractivity contribution is 5.90. The second-order valence-electron chi connectivity index (χ2n) is 6.30. The standard InChI is InChI=1S/C17H23N3O3/c21-16(22)13-5-4-10-20(12-13)17(23)18-14-6-3-7-15(11-14)19-8-1-2-9-19/h3,6-7,11,13H,1-2,4-5,8-10,12H2,(H,18,23)(H,21,22). The Morgan fingerprint density at radius 1 is 1.13 bits per heavy atom. The third kappa shape index (κ3) is 3.75. The fraction of sp³-hybridized carbons (Fsp3) is 0.529. The van der Waals surface area contributed by atoms with Gasteiger partial charge in [-0.3, -0.25) is 4.79 Å². The van der Waals surface area contributed by atoms with Crippen molar-refractivity contribution in [3.05, 3.63) is 24.3 Å². The van der Waals surface area contributed by atoms with Gasteiger partial charge in [0.2, 0.25) is 0 Å². The molecule has 1 unspecified atom stereocenters. The number of benzene rings is 1. The zero-order valence-corrected chi connectivity index (χ0v) is 13.2. The molecule has 1 aromatic rings. The summed E-state index contributed by atoms with van der Waals surface area (Å²) < 4.78 is 0. The highest BCUT2D eigenvalue weighted by Crippen LogP contribution is 2.24. The lowest BCUT2D eigenvalue weighted by Gasteiger charge is -2.30. The van der Waals surface area contributed by atoms with Crippen LogP contribution in [0.1, 0.15) is 25.7 Å². The molecule has 2 aliphatic rings. The van der Waals surface area contributed by atoms with Crippen LogP contribution in [0.5, 0.6) is 0 Å². The second-order valence-corrected chi connectivity index (χ2v) is 6.30. The summed E-state index contributed by atoms with van der Waals surface area (Å²) in [5.74, 6) is -1.27. The Hall–Kier alpha value is -2.24. The van der Waals surface area contributed by atoms with Crippen molar-refractivity contribution in [2.24, 2.45) is 5.92 Å². The summed E-state index contributed by atoms with van der Waals surface area (Å²) in [5, 5.41) is 12.0. The lowest BCUT2D eigenvalue weighted by Crippen LogP contribution is -2.44. The van der Waals surface area contributed by atoms with Crippen molar-refractivity contribution >= 4 is 23.4 Å². The van der Waals surface area contributed by atoms with E-state index in [0.29, 0.717) is 13.0 Å². The minimum absolute atomic E-state index is 0.213. The van der Waals surface area contributed by atoms with Gasteiger partial charge in [-0.25, -0.2) is 4.79 Å². The number of rotatable bonds is 3. The molecule has 2 saturated heterocycles. The maximum absolute atomic E-state index is 12.4. The summed E-state index contributed by atoms with van der Waals surface area (Å²) in [6.07, 6.45) is 3.80. The van der Waals surface area contributed by atoms with Crippen molar-refractivity contribution in [1.29, 1.82) is 0 Å². The molecule has 0 bridgehead atoms. The van der Waals surface area contributed by atoms with Crippen LogP contribution in [0.25, 0.3) is 0 Å². The average Bonchev–Trinajstić information content (AvgIpc) is 3.10. The van der Waals surface area contributed by atoms with Crippen molar-refractivity contribution in [1.82, 2.24) is 4.90 Å². The molecule has 1 aromatic carbocycles. The number of hydrogen-bond acceptors (Lipinski definition) is 3. The van der Waals surface area contributed by atoms with E-state index < -0.39 is 11.9 Å². The van der Waals surface area contributed by atoms with Gasteiger partial charge in [-0.15, -0.1) is 0 Å². The van der Waals surface area contributed by atoms with Gasteiger partial charge in [0.25, 0.3) is 0 Å². The lowest BCUT2D eigenvalue weighted by molar-refractivity contribution is -0.143. The fourth-order valence-corrected chi connectivity index (χ4v) is 3.32. The third-order valence-electron chi connectivity index (χ3n) is 4.63. The number of carboxylic acids is 1. The normalized spacial score (nSPS) is 21.3.